The van der Waals surface area contributed by atoms with Crippen LogP contribution in [-0.4, -0.2) is 80.9 Å². The summed E-state index contributed by atoms with van der Waals surface area (Å²) < 4.78 is 35.0. The van der Waals surface area contributed by atoms with E-state index in [1.54, 1.807) is 30.1 Å². The maximum atomic E-state index is 13.9. The molecule has 1 aromatic heterocycles. The van der Waals surface area contributed by atoms with Gasteiger partial charge in [0.15, 0.2) is 0 Å². The summed E-state index contributed by atoms with van der Waals surface area (Å²) in [6.07, 6.45) is 0.737. The van der Waals surface area contributed by atoms with Crippen LogP contribution in [0.1, 0.15) is 10.4 Å². The Morgan fingerprint density at radius 1 is 1.10 bits per heavy atom. The van der Waals surface area contributed by atoms with Gasteiger partial charge in [0.1, 0.15) is 11.8 Å². The second-order valence-electron chi connectivity index (χ2n) is 9.38. The molecule has 1 fully saturated rings. The van der Waals surface area contributed by atoms with Crippen molar-refractivity contribution in [2.24, 2.45) is 0 Å². The van der Waals surface area contributed by atoms with Gasteiger partial charge in [-0.15, -0.1) is 0 Å². The van der Waals surface area contributed by atoms with E-state index in [0.717, 1.165) is 0 Å². The van der Waals surface area contributed by atoms with Crippen molar-refractivity contribution in [3.05, 3.63) is 75.4 Å². The zero-order valence-electron chi connectivity index (χ0n) is 21.2. The summed E-state index contributed by atoms with van der Waals surface area (Å²) in [5, 5.41) is 3.26. The fraction of sp³-hybridized carbons (Fsp3) is 0.269. The number of amides is 2. The monoisotopic (exact) mass is 623 g/mol. The third kappa shape index (κ3) is 5.84. The van der Waals surface area contributed by atoms with Crippen LogP contribution in [-0.2, 0) is 14.8 Å². The SMILES string of the molecule is CN1CCN(C[C@H]2CN(S(=O)(=O)c3cccc(Cl)c3)c3cc(NC(=O)c4c(Cl)cccc4Cl)cnc3O2)CC1=O. The Hall–Kier alpha value is -3.09. The van der Waals surface area contributed by atoms with Crippen molar-refractivity contribution in [3.63, 3.8) is 0 Å². The van der Waals surface area contributed by atoms with E-state index < -0.39 is 22.0 Å². The number of benzene rings is 2. The molecule has 1 atom stereocenters. The number of fused-ring (bicyclic) bond motifs is 1. The van der Waals surface area contributed by atoms with E-state index in [2.05, 4.69) is 10.3 Å². The molecule has 10 nitrogen and oxygen atoms in total. The van der Waals surface area contributed by atoms with Crippen LogP contribution in [0.25, 0.3) is 0 Å². The van der Waals surface area contributed by atoms with Crippen LogP contribution < -0.4 is 14.4 Å². The van der Waals surface area contributed by atoms with Gasteiger partial charge >= 0.3 is 0 Å². The van der Waals surface area contributed by atoms with Crippen LogP contribution in [0.4, 0.5) is 11.4 Å². The third-order valence-corrected chi connectivity index (χ3v) is 9.22. The van der Waals surface area contributed by atoms with E-state index >= 15 is 0 Å². The lowest BCUT2D eigenvalue weighted by Gasteiger charge is -2.38. The van der Waals surface area contributed by atoms with E-state index in [1.807, 2.05) is 4.90 Å². The Labute approximate surface area is 246 Å². The summed E-state index contributed by atoms with van der Waals surface area (Å²) >= 11 is 18.5. The summed E-state index contributed by atoms with van der Waals surface area (Å²) in [7, 11) is -2.38. The van der Waals surface area contributed by atoms with E-state index in [-0.39, 0.29) is 61.8 Å². The van der Waals surface area contributed by atoms with Crippen molar-refractivity contribution in [1.29, 1.82) is 0 Å². The van der Waals surface area contributed by atoms with Gasteiger partial charge < -0.3 is 15.0 Å². The number of carbonyl (C=O) groups is 2. The largest absolute Gasteiger partial charge is 0.470 e. The summed E-state index contributed by atoms with van der Waals surface area (Å²) in [5.41, 5.74) is 0.413. The standard InChI is InChI=1S/C26H24Cl3N5O5S/c1-32-8-9-33(15-23(32)35)13-18-14-34(40(37,38)19-5-2-4-16(27)10-19)22-11-17(12-30-26(22)39-18)31-25(36)24-20(28)6-3-7-21(24)29/h2-7,10-12,18H,8-9,13-15H2,1H3,(H,31,36)/t18-/m0/s1. The molecule has 2 aromatic carbocycles. The molecule has 3 heterocycles. The number of halogens is 3. The van der Waals surface area contributed by atoms with Crippen molar-refractivity contribution >= 4 is 68.0 Å². The first kappa shape index (κ1) is 28.4. The molecule has 0 bridgehead atoms. The molecule has 0 saturated carbocycles. The molecule has 0 aliphatic carbocycles. The molecule has 210 valence electrons. The van der Waals surface area contributed by atoms with Crippen LogP contribution in [0.2, 0.25) is 15.1 Å². The van der Waals surface area contributed by atoms with Crippen LogP contribution in [0.15, 0.2) is 59.6 Å². The number of pyridine rings is 1. The average Bonchev–Trinajstić information content (AvgIpc) is 2.90. The van der Waals surface area contributed by atoms with E-state index in [4.69, 9.17) is 39.5 Å². The minimum absolute atomic E-state index is 0.0151. The fourth-order valence-corrected chi connectivity index (χ4v) is 6.85. The summed E-state index contributed by atoms with van der Waals surface area (Å²) in [4.78, 5) is 33.1. The number of anilines is 2. The van der Waals surface area contributed by atoms with Gasteiger partial charge in [-0.3, -0.25) is 18.8 Å². The van der Waals surface area contributed by atoms with Crippen molar-refractivity contribution < 1.29 is 22.7 Å². The lowest BCUT2D eigenvalue weighted by Crippen LogP contribution is -2.54. The smallest absolute Gasteiger partial charge is 0.264 e. The second kappa shape index (κ2) is 11.4. The number of aromatic nitrogens is 1. The highest BCUT2D eigenvalue weighted by Gasteiger charge is 2.37. The molecule has 3 aromatic rings. The summed E-state index contributed by atoms with van der Waals surface area (Å²) in [6, 6.07) is 12.1. The molecule has 1 N–H and O–H groups in total. The molecule has 0 radical (unpaired) electrons. The number of nitrogens with one attached hydrogen (secondary N) is 1. The fourth-order valence-electron chi connectivity index (χ4n) is 4.49. The maximum absolute atomic E-state index is 13.9. The first-order valence-electron chi connectivity index (χ1n) is 12.2. The van der Waals surface area contributed by atoms with Gasteiger partial charge in [-0.25, -0.2) is 13.4 Å². The Bertz CT molecular complexity index is 1570. The highest BCUT2D eigenvalue weighted by atomic mass is 35.5. The zero-order valence-corrected chi connectivity index (χ0v) is 24.3. The number of hydrogen-bond acceptors (Lipinski definition) is 7. The molecule has 14 heteroatoms. The molecule has 2 aliphatic rings. The number of hydrogen-bond donors (Lipinski definition) is 1. The average molecular weight is 625 g/mol. The first-order valence-corrected chi connectivity index (χ1v) is 14.8. The van der Waals surface area contributed by atoms with Gasteiger partial charge in [-0.05, 0) is 36.4 Å². The normalized spacial score (nSPS) is 17.8. The van der Waals surface area contributed by atoms with Crippen LogP contribution in [0.5, 0.6) is 5.88 Å². The molecular formula is C26H24Cl3N5O5S. The second-order valence-corrected chi connectivity index (χ2v) is 12.5. The number of nitrogens with zero attached hydrogens (tertiary/aromatic N) is 4. The molecular weight excluding hydrogens is 601 g/mol. The van der Waals surface area contributed by atoms with Crippen LogP contribution in [0, 0.1) is 0 Å². The number of ether oxygens (including phenoxy) is 1. The summed E-state index contributed by atoms with van der Waals surface area (Å²) in [5.74, 6) is -0.546. The third-order valence-electron chi connectivity index (χ3n) is 6.58. The van der Waals surface area contributed by atoms with Gasteiger partial charge in [0.25, 0.3) is 15.9 Å². The van der Waals surface area contributed by atoms with Crippen molar-refractivity contribution in [2.45, 2.75) is 11.0 Å². The van der Waals surface area contributed by atoms with Crippen LogP contribution >= 0.6 is 34.8 Å². The molecule has 2 amide bonds. The van der Waals surface area contributed by atoms with Crippen LogP contribution in [0.3, 0.4) is 0 Å². The van der Waals surface area contributed by atoms with E-state index in [1.165, 1.54) is 40.8 Å². The topological polar surface area (TPSA) is 112 Å². The number of likely N-dealkylation sites (N-methyl/N-ethyl adjacent to an activating group) is 1. The van der Waals surface area contributed by atoms with Gasteiger partial charge in [-0.1, -0.05) is 46.9 Å². The van der Waals surface area contributed by atoms with Gasteiger partial charge in [0, 0.05) is 31.7 Å². The Kier molecular flexibility index (Phi) is 8.12. The van der Waals surface area contributed by atoms with Crippen molar-refractivity contribution in [3.8, 4) is 5.88 Å². The lowest BCUT2D eigenvalue weighted by atomic mass is 10.2. The number of rotatable bonds is 6. The maximum Gasteiger partial charge on any atom is 0.264 e. The van der Waals surface area contributed by atoms with E-state index in [0.29, 0.717) is 19.6 Å². The van der Waals surface area contributed by atoms with Gasteiger partial charge in [-0.2, -0.15) is 0 Å². The molecule has 2 aliphatic heterocycles. The highest BCUT2D eigenvalue weighted by Crippen LogP contribution is 2.38. The zero-order chi connectivity index (χ0) is 28.6. The highest BCUT2D eigenvalue weighted by molar-refractivity contribution is 7.92. The predicted molar refractivity (Wildman–Crippen MR) is 153 cm³/mol. The minimum atomic E-state index is -4.12. The van der Waals surface area contributed by atoms with Gasteiger partial charge in [0.2, 0.25) is 11.8 Å². The minimum Gasteiger partial charge on any atom is -0.470 e. The molecule has 5 rings (SSSR count). The predicted octanol–water partition coefficient (Wildman–Crippen LogP) is 4.02. The molecule has 0 spiro atoms. The van der Waals surface area contributed by atoms with Crippen molar-refractivity contribution in [2.75, 3.05) is 49.4 Å². The van der Waals surface area contributed by atoms with E-state index in [9.17, 15) is 18.0 Å². The lowest BCUT2D eigenvalue weighted by molar-refractivity contribution is -0.134. The molecule has 0 unspecified atom stereocenters. The number of piperazine rings is 1. The Morgan fingerprint density at radius 2 is 1.82 bits per heavy atom. The van der Waals surface area contributed by atoms with Crippen molar-refractivity contribution in [1.82, 2.24) is 14.8 Å². The van der Waals surface area contributed by atoms with Gasteiger partial charge in [0.05, 0.1) is 45.5 Å². The quantitative estimate of drug-likeness (QED) is 0.441. The number of sulfonamides is 1. The molecule has 40 heavy (non-hydrogen) atoms. The Morgan fingerprint density at radius 3 is 2.52 bits per heavy atom. The number of carbonyl (C=O) groups excluding carboxylic acids is 2. The first-order chi connectivity index (χ1) is 19.0. The Balaban J connectivity index is 1.48. The molecule has 1 saturated heterocycles. The summed E-state index contributed by atoms with van der Waals surface area (Å²) in [6.45, 7) is 1.64.